The van der Waals surface area contributed by atoms with Crippen molar-refractivity contribution >= 4 is 11.6 Å². The van der Waals surface area contributed by atoms with Crippen molar-refractivity contribution in [2.75, 3.05) is 13.2 Å². The number of nitrogens with zero attached hydrogens (tertiary/aromatic N) is 1. The van der Waals surface area contributed by atoms with Crippen LogP contribution in [0.3, 0.4) is 0 Å². The van der Waals surface area contributed by atoms with Crippen LogP contribution in [0.4, 0.5) is 0 Å². The molecule has 0 aromatic rings. The van der Waals surface area contributed by atoms with Gasteiger partial charge in [-0.1, -0.05) is 69.9 Å². The van der Waals surface area contributed by atoms with Crippen LogP contribution in [0.15, 0.2) is 5.16 Å². The van der Waals surface area contributed by atoms with Gasteiger partial charge in [0.2, 0.25) is 5.91 Å². The van der Waals surface area contributed by atoms with Crippen molar-refractivity contribution < 1.29 is 9.63 Å². The Kier molecular flexibility index (Phi) is 14.4. The van der Waals surface area contributed by atoms with Crippen molar-refractivity contribution in [3.63, 3.8) is 0 Å². The van der Waals surface area contributed by atoms with E-state index in [9.17, 15) is 4.79 Å². The third-order valence-corrected chi connectivity index (χ3v) is 4.89. The van der Waals surface area contributed by atoms with Crippen LogP contribution in [-0.2, 0) is 9.63 Å². The summed E-state index contributed by atoms with van der Waals surface area (Å²) in [5.74, 6) is 0.186. The zero-order chi connectivity index (χ0) is 18.0. The molecular weight excluding hydrogens is 312 g/mol. The highest BCUT2D eigenvalue weighted by Gasteiger charge is 2.06. The number of hydrogen-bond acceptors (Lipinski definition) is 3. The molecule has 1 heterocycles. The molecule has 0 aromatic carbocycles. The van der Waals surface area contributed by atoms with Gasteiger partial charge in [0.15, 0.2) is 0 Å². The molecule has 0 spiro atoms. The Hall–Kier alpha value is -1.06. The molecule has 146 valence electrons. The number of carbonyl (C=O) groups excluding carboxylic acids is 1. The summed E-state index contributed by atoms with van der Waals surface area (Å²) in [4.78, 5) is 17.4. The molecule has 0 saturated carbocycles. The molecule has 0 aromatic heterocycles. The average molecular weight is 353 g/mol. The fraction of sp³-hybridized carbons (Fsp3) is 0.905. The summed E-state index contributed by atoms with van der Waals surface area (Å²) in [5.41, 5.74) is 1.11. The highest BCUT2D eigenvalue weighted by atomic mass is 16.6. The Bertz CT molecular complexity index is 356. The van der Waals surface area contributed by atoms with E-state index in [1.165, 1.54) is 70.6 Å². The van der Waals surface area contributed by atoms with E-state index in [-0.39, 0.29) is 5.91 Å². The Morgan fingerprint density at radius 2 is 1.48 bits per heavy atom. The summed E-state index contributed by atoms with van der Waals surface area (Å²) >= 11 is 0. The number of carbonyl (C=O) groups is 1. The Labute approximate surface area is 155 Å². The lowest BCUT2D eigenvalue weighted by Crippen LogP contribution is -2.25. The van der Waals surface area contributed by atoms with E-state index in [4.69, 9.17) is 4.84 Å². The summed E-state index contributed by atoms with van der Waals surface area (Å²) < 4.78 is 0. The van der Waals surface area contributed by atoms with Crippen LogP contribution in [0.2, 0.25) is 0 Å². The van der Waals surface area contributed by atoms with Gasteiger partial charge < -0.3 is 10.2 Å². The lowest BCUT2D eigenvalue weighted by atomic mass is 10.0. The van der Waals surface area contributed by atoms with Crippen molar-refractivity contribution in [1.29, 1.82) is 0 Å². The van der Waals surface area contributed by atoms with Crippen molar-refractivity contribution in [3.05, 3.63) is 0 Å². The van der Waals surface area contributed by atoms with Gasteiger partial charge in [-0.05, 0) is 32.1 Å². The first-order chi connectivity index (χ1) is 12.3. The van der Waals surface area contributed by atoms with Crippen LogP contribution in [0.25, 0.3) is 0 Å². The van der Waals surface area contributed by atoms with Gasteiger partial charge >= 0.3 is 0 Å². The van der Waals surface area contributed by atoms with E-state index in [0.29, 0.717) is 13.0 Å². The molecular formula is C21H40N2O2. The molecule has 1 aliphatic heterocycles. The molecule has 1 rings (SSSR count). The van der Waals surface area contributed by atoms with E-state index in [1.807, 2.05) is 0 Å². The number of rotatable bonds is 7. The minimum Gasteiger partial charge on any atom is -0.396 e. The van der Waals surface area contributed by atoms with Crippen LogP contribution in [-0.4, -0.2) is 24.8 Å². The minimum absolute atomic E-state index is 0.186. The molecule has 1 N–H and O–H groups in total. The van der Waals surface area contributed by atoms with Crippen LogP contribution in [0, 0.1) is 0 Å². The normalized spacial score (nSPS) is 20.5. The van der Waals surface area contributed by atoms with E-state index in [1.54, 1.807) is 0 Å². The number of nitrogens with one attached hydrogen (secondary N) is 1. The van der Waals surface area contributed by atoms with Crippen LogP contribution in [0.1, 0.15) is 110 Å². The zero-order valence-electron chi connectivity index (χ0n) is 16.5. The molecule has 1 aliphatic rings. The number of unbranched alkanes of at least 4 members (excludes halogenated alkanes) is 4. The number of oxime groups is 1. The van der Waals surface area contributed by atoms with E-state index in [2.05, 4.69) is 17.4 Å². The van der Waals surface area contributed by atoms with E-state index in [0.717, 1.165) is 38.0 Å². The standard InChI is InChI=1S/C21H40N2O2/c1-2-3-4-11-14-19-25-23-20-15-12-9-7-5-6-8-10-13-16-21(24)22-18-17-20/h2-19H2,1H3,(H,22,24)/b23-20-. The number of amides is 1. The highest BCUT2D eigenvalue weighted by molar-refractivity contribution is 5.84. The second-order valence-electron chi connectivity index (χ2n) is 7.33. The van der Waals surface area contributed by atoms with Crippen LogP contribution in [0.5, 0.6) is 0 Å². The summed E-state index contributed by atoms with van der Waals surface area (Å²) in [6.07, 6.45) is 18.6. The predicted octanol–water partition coefficient (Wildman–Crippen LogP) is 5.75. The van der Waals surface area contributed by atoms with Crippen molar-refractivity contribution in [1.82, 2.24) is 5.32 Å². The van der Waals surface area contributed by atoms with Gasteiger partial charge in [0, 0.05) is 19.4 Å². The van der Waals surface area contributed by atoms with Gasteiger partial charge in [0.1, 0.15) is 6.61 Å². The molecule has 1 saturated heterocycles. The third kappa shape index (κ3) is 13.9. The molecule has 0 atom stereocenters. The van der Waals surface area contributed by atoms with Gasteiger partial charge in [0.25, 0.3) is 0 Å². The summed E-state index contributed by atoms with van der Waals surface area (Å²) in [6, 6.07) is 0. The fourth-order valence-electron chi connectivity index (χ4n) is 3.23. The molecule has 25 heavy (non-hydrogen) atoms. The lowest BCUT2D eigenvalue weighted by molar-refractivity contribution is -0.121. The third-order valence-electron chi connectivity index (χ3n) is 4.89. The Morgan fingerprint density at radius 3 is 2.20 bits per heavy atom. The van der Waals surface area contributed by atoms with Gasteiger partial charge in [-0.15, -0.1) is 0 Å². The topological polar surface area (TPSA) is 50.7 Å². The summed E-state index contributed by atoms with van der Waals surface area (Å²) in [6.45, 7) is 3.65. The second-order valence-corrected chi connectivity index (χ2v) is 7.33. The average Bonchev–Trinajstić information content (AvgIpc) is 2.62. The zero-order valence-corrected chi connectivity index (χ0v) is 16.5. The SMILES string of the molecule is CCCCCCCO/N=C1/CCCCCCCCCCC(=O)NCC1. The minimum atomic E-state index is 0.186. The maximum atomic E-state index is 11.8. The van der Waals surface area contributed by atoms with Gasteiger partial charge in [-0.25, -0.2) is 0 Å². The van der Waals surface area contributed by atoms with E-state index < -0.39 is 0 Å². The van der Waals surface area contributed by atoms with Crippen LogP contribution < -0.4 is 5.32 Å². The molecule has 0 aliphatic carbocycles. The molecule has 0 bridgehead atoms. The fourth-order valence-corrected chi connectivity index (χ4v) is 3.23. The summed E-state index contributed by atoms with van der Waals surface area (Å²) in [7, 11) is 0. The monoisotopic (exact) mass is 352 g/mol. The predicted molar refractivity (Wildman–Crippen MR) is 106 cm³/mol. The Balaban J connectivity index is 2.31. The number of hydrogen-bond donors (Lipinski definition) is 1. The quantitative estimate of drug-likeness (QED) is 0.468. The first kappa shape index (κ1) is 22.0. The maximum Gasteiger partial charge on any atom is 0.220 e. The van der Waals surface area contributed by atoms with Crippen molar-refractivity contribution in [2.45, 2.75) is 110 Å². The van der Waals surface area contributed by atoms with Crippen molar-refractivity contribution in [2.24, 2.45) is 5.16 Å². The highest BCUT2D eigenvalue weighted by Crippen LogP contribution is 2.12. The summed E-state index contributed by atoms with van der Waals surface area (Å²) in [5, 5.41) is 7.41. The molecule has 1 fully saturated rings. The molecule has 0 unspecified atom stereocenters. The van der Waals surface area contributed by atoms with Gasteiger partial charge in [0.05, 0.1) is 5.71 Å². The molecule has 0 radical (unpaired) electrons. The molecule has 4 heteroatoms. The Morgan fingerprint density at radius 1 is 0.840 bits per heavy atom. The van der Waals surface area contributed by atoms with E-state index >= 15 is 0 Å². The second kappa shape index (κ2) is 16.4. The van der Waals surface area contributed by atoms with Gasteiger partial charge in [-0.3, -0.25) is 4.79 Å². The lowest BCUT2D eigenvalue weighted by Gasteiger charge is -2.08. The van der Waals surface area contributed by atoms with Crippen molar-refractivity contribution in [3.8, 4) is 0 Å². The first-order valence-corrected chi connectivity index (χ1v) is 10.8. The maximum absolute atomic E-state index is 11.8. The smallest absolute Gasteiger partial charge is 0.220 e. The largest absolute Gasteiger partial charge is 0.396 e. The molecule has 1 amide bonds. The van der Waals surface area contributed by atoms with Gasteiger partial charge in [-0.2, -0.15) is 0 Å². The molecule has 4 nitrogen and oxygen atoms in total. The first-order valence-electron chi connectivity index (χ1n) is 10.8. The van der Waals surface area contributed by atoms with Crippen LogP contribution >= 0.6 is 0 Å².